The summed E-state index contributed by atoms with van der Waals surface area (Å²) in [4.78, 5) is 28.7. The highest BCUT2D eigenvalue weighted by Crippen LogP contribution is 2.21. The Morgan fingerprint density at radius 3 is 2.81 bits per heavy atom. The number of carbonyl (C=O) groups excluding carboxylic acids is 1. The molecule has 5 rings (SSSR count). The van der Waals surface area contributed by atoms with Crippen LogP contribution in [0.5, 0.6) is 0 Å². The first-order chi connectivity index (χ1) is 15.6. The Kier molecular flexibility index (Phi) is 5.57. The third-order valence-electron chi connectivity index (χ3n) is 5.88. The van der Waals surface area contributed by atoms with Gasteiger partial charge in [0.05, 0.1) is 11.0 Å². The van der Waals surface area contributed by atoms with Crippen molar-refractivity contribution in [3.8, 4) is 0 Å². The third-order valence-corrected chi connectivity index (χ3v) is 6.37. The summed E-state index contributed by atoms with van der Waals surface area (Å²) in [5.74, 6) is 0.00661. The molecule has 7 heteroatoms. The van der Waals surface area contributed by atoms with Crippen LogP contribution >= 0.6 is 15.9 Å². The number of rotatable bonds is 7. The minimum absolute atomic E-state index is 0.00661. The van der Waals surface area contributed by atoms with Gasteiger partial charge in [-0.2, -0.15) is 0 Å². The molecule has 2 aromatic carbocycles. The summed E-state index contributed by atoms with van der Waals surface area (Å²) in [6.45, 7) is 1.08. The molecule has 0 aliphatic rings. The van der Waals surface area contributed by atoms with E-state index >= 15 is 0 Å². The van der Waals surface area contributed by atoms with Gasteiger partial charge >= 0.3 is 0 Å². The van der Waals surface area contributed by atoms with Crippen molar-refractivity contribution in [2.75, 3.05) is 6.54 Å². The Hall–Kier alpha value is -3.32. The molecule has 0 aliphatic heterocycles. The lowest BCUT2D eigenvalue weighted by atomic mass is 10.1. The Morgan fingerprint density at radius 2 is 1.91 bits per heavy atom. The Morgan fingerprint density at radius 1 is 1.03 bits per heavy atom. The van der Waals surface area contributed by atoms with E-state index in [1.807, 2.05) is 65.3 Å². The fraction of sp³-hybridized carbons (Fsp3) is 0.200. The Balaban J connectivity index is 1.23. The maximum Gasteiger partial charge on any atom is 0.275 e. The van der Waals surface area contributed by atoms with E-state index in [2.05, 4.69) is 32.3 Å². The van der Waals surface area contributed by atoms with Gasteiger partial charge in [-0.25, -0.2) is 0 Å². The van der Waals surface area contributed by atoms with Gasteiger partial charge in [-0.15, -0.1) is 0 Å². The zero-order valence-electron chi connectivity index (χ0n) is 17.5. The summed E-state index contributed by atoms with van der Waals surface area (Å²) in [6.07, 6.45) is 5.65. The van der Waals surface area contributed by atoms with Crippen molar-refractivity contribution < 1.29 is 4.79 Å². The molecule has 6 nitrogen and oxygen atoms in total. The molecule has 3 aromatic heterocycles. The normalized spacial score (nSPS) is 11.5. The first-order valence-corrected chi connectivity index (χ1v) is 11.5. The van der Waals surface area contributed by atoms with Gasteiger partial charge in [0.15, 0.2) is 0 Å². The van der Waals surface area contributed by atoms with Crippen LogP contribution in [0.15, 0.2) is 76.3 Å². The molecule has 2 N–H and O–H groups in total. The lowest BCUT2D eigenvalue weighted by Crippen LogP contribution is -2.27. The zero-order valence-corrected chi connectivity index (χ0v) is 19.1. The van der Waals surface area contributed by atoms with Crippen molar-refractivity contribution in [1.29, 1.82) is 0 Å². The number of amides is 1. The maximum atomic E-state index is 13.0. The van der Waals surface area contributed by atoms with Gasteiger partial charge in [0.1, 0.15) is 5.52 Å². The number of nitrogens with one attached hydrogen (secondary N) is 2. The van der Waals surface area contributed by atoms with Crippen molar-refractivity contribution in [1.82, 2.24) is 19.3 Å². The number of halogens is 1. The molecule has 0 unspecified atom stereocenters. The molecule has 5 aromatic rings. The van der Waals surface area contributed by atoms with Crippen LogP contribution in [-0.2, 0) is 17.8 Å². The molecule has 0 bridgehead atoms. The van der Waals surface area contributed by atoms with Gasteiger partial charge in [0.25, 0.3) is 5.56 Å². The molecule has 32 heavy (non-hydrogen) atoms. The van der Waals surface area contributed by atoms with Gasteiger partial charge in [-0.1, -0.05) is 34.1 Å². The van der Waals surface area contributed by atoms with Crippen LogP contribution in [0, 0.1) is 0 Å². The quantitative estimate of drug-likeness (QED) is 0.348. The first-order valence-electron chi connectivity index (χ1n) is 10.7. The van der Waals surface area contributed by atoms with Crippen molar-refractivity contribution in [2.45, 2.75) is 25.8 Å². The Labute approximate surface area is 193 Å². The average molecular weight is 491 g/mol. The highest BCUT2D eigenvalue weighted by Gasteiger charge is 2.12. The second-order valence-electron chi connectivity index (χ2n) is 7.92. The number of aryl methyl sites for hydroxylation is 1. The second-order valence-corrected chi connectivity index (χ2v) is 8.83. The third kappa shape index (κ3) is 3.84. The smallest absolute Gasteiger partial charge is 0.275 e. The van der Waals surface area contributed by atoms with E-state index in [1.165, 1.54) is 10.9 Å². The molecule has 0 spiro atoms. The fourth-order valence-electron chi connectivity index (χ4n) is 4.31. The number of fused-ring (bicyclic) bond motifs is 4. The van der Waals surface area contributed by atoms with E-state index in [4.69, 9.17) is 0 Å². The standard InChI is InChI=1S/C25H23BrN4O2/c26-18-9-10-21-23(15-18)30(25(32)22-7-3-13-29(21)22)14-4-8-24(31)27-12-11-17-16-28-20-6-2-1-5-19(17)20/h1-3,5-7,9-10,13,15-16,28H,4,8,11-12,14H2,(H,27,31). The van der Waals surface area contributed by atoms with Crippen molar-refractivity contribution in [2.24, 2.45) is 0 Å². The molecule has 3 heterocycles. The van der Waals surface area contributed by atoms with Crippen LogP contribution in [-0.4, -0.2) is 26.4 Å². The minimum Gasteiger partial charge on any atom is -0.361 e. The minimum atomic E-state index is -0.0413. The lowest BCUT2D eigenvalue weighted by Gasteiger charge is -2.13. The zero-order chi connectivity index (χ0) is 22.1. The highest BCUT2D eigenvalue weighted by molar-refractivity contribution is 9.10. The van der Waals surface area contributed by atoms with E-state index in [1.54, 1.807) is 4.57 Å². The number of aromatic amines is 1. The number of hydrogen-bond donors (Lipinski definition) is 2. The van der Waals surface area contributed by atoms with Crippen LogP contribution in [0.3, 0.4) is 0 Å². The molecule has 0 saturated heterocycles. The van der Waals surface area contributed by atoms with Crippen molar-refractivity contribution >= 4 is 49.3 Å². The average Bonchev–Trinajstić information content (AvgIpc) is 3.44. The summed E-state index contributed by atoms with van der Waals surface area (Å²) in [7, 11) is 0. The summed E-state index contributed by atoms with van der Waals surface area (Å²) in [6, 6.07) is 17.8. The number of aromatic nitrogens is 3. The molecule has 0 fully saturated rings. The van der Waals surface area contributed by atoms with Gasteiger partial charge in [-0.05, 0) is 54.8 Å². The number of benzene rings is 2. The summed E-state index contributed by atoms with van der Waals surface area (Å²) in [5.41, 5.74) is 4.73. The number of hydrogen-bond acceptors (Lipinski definition) is 2. The monoisotopic (exact) mass is 490 g/mol. The second kappa shape index (κ2) is 8.67. The molecule has 0 atom stereocenters. The molecule has 0 saturated carbocycles. The van der Waals surface area contributed by atoms with E-state index < -0.39 is 0 Å². The van der Waals surface area contributed by atoms with Gasteiger partial charge in [0.2, 0.25) is 5.91 Å². The van der Waals surface area contributed by atoms with Crippen LogP contribution in [0.4, 0.5) is 0 Å². The van der Waals surface area contributed by atoms with Crippen LogP contribution in [0.1, 0.15) is 18.4 Å². The Bertz CT molecular complexity index is 1490. The van der Waals surface area contributed by atoms with E-state index in [-0.39, 0.29) is 11.5 Å². The molecule has 162 valence electrons. The van der Waals surface area contributed by atoms with Crippen molar-refractivity contribution in [3.63, 3.8) is 0 Å². The number of para-hydroxylation sites is 1. The maximum absolute atomic E-state index is 13.0. The number of H-pyrrole nitrogens is 1. The highest BCUT2D eigenvalue weighted by atomic mass is 79.9. The van der Waals surface area contributed by atoms with Crippen LogP contribution < -0.4 is 10.9 Å². The summed E-state index contributed by atoms with van der Waals surface area (Å²) < 4.78 is 4.60. The van der Waals surface area contributed by atoms with Gasteiger partial charge in [-0.3, -0.25) is 9.59 Å². The predicted octanol–water partition coefficient (Wildman–Crippen LogP) is 4.64. The molecule has 0 radical (unpaired) electrons. The van der Waals surface area contributed by atoms with Crippen LogP contribution in [0.25, 0.3) is 27.5 Å². The lowest BCUT2D eigenvalue weighted by molar-refractivity contribution is -0.121. The first kappa shape index (κ1) is 20.6. The molecule has 0 aliphatic carbocycles. The van der Waals surface area contributed by atoms with Crippen LogP contribution in [0.2, 0.25) is 0 Å². The largest absolute Gasteiger partial charge is 0.361 e. The van der Waals surface area contributed by atoms with Gasteiger partial charge in [0, 0.05) is 47.3 Å². The van der Waals surface area contributed by atoms with Crippen molar-refractivity contribution in [3.05, 3.63) is 87.4 Å². The SMILES string of the molecule is O=C(CCCn1c(=O)c2cccn2c2ccc(Br)cc21)NCCc1c[nH]c2ccccc12. The van der Waals surface area contributed by atoms with E-state index in [0.29, 0.717) is 31.4 Å². The topological polar surface area (TPSA) is 71.3 Å². The molecular weight excluding hydrogens is 468 g/mol. The van der Waals surface area contributed by atoms with E-state index in [9.17, 15) is 9.59 Å². The van der Waals surface area contributed by atoms with E-state index in [0.717, 1.165) is 27.4 Å². The fourth-order valence-corrected chi connectivity index (χ4v) is 4.66. The number of carbonyl (C=O) groups is 1. The molecule has 1 amide bonds. The number of nitrogens with zero attached hydrogens (tertiary/aromatic N) is 2. The predicted molar refractivity (Wildman–Crippen MR) is 131 cm³/mol. The molecular formula is C25H23BrN4O2. The summed E-state index contributed by atoms with van der Waals surface area (Å²) >= 11 is 3.51. The van der Waals surface area contributed by atoms with Gasteiger partial charge < -0.3 is 19.3 Å². The summed E-state index contributed by atoms with van der Waals surface area (Å²) in [5, 5.41) is 4.20.